The molecule has 0 aromatic heterocycles. The van der Waals surface area contributed by atoms with E-state index in [2.05, 4.69) is 108 Å². The van der Waals surface area contributed by atoms with Gasteiger partial charge in [0, 0.05) is 5.92 Å². The van der Waals surface area contributed by atoms with Crippen LogP contribution in [0.4, 0.5) is 0 Å². The van der Waals surface area contributed by atoms with Crippen LogP contribution in [0.3, 0.4) is 0 Å². The predicted molar refractivity (Wildman–Crippen MR) is 157 cm³/mol. The molecule has 2 rings (SSSR count). The second-order valence-corrected chi connectivity index (χ2v) is 14.0. The zero-order valence-electron chi connectivity index (χ0n) is 25.4. The molecule has 4 atom stereocenters. The van der Waals surface area contributed by atoms with Crippen LogP contribution in [0.25, 0.3) is 0 Å². The van der Waals surface area contributed by atoms with Crippen molar-refractivity contribution >= 4 is 0 Å². The molecule has 0 spiro atoms. The first-order valence-electron chi connectivity index (χ1n) is 14.0. The molecule has 0 amide bonds. The van der Waals surface area contributed by atoms with Gasteiger partial charge in [-0.05, 0) is 98.9 Å². The molecule has 0 radical (unpaired) electrons. The van der Waals surface area contributed by atoms with Crippen molar-refractivity contribution in [1.29, 1.82) is 0 Å². The Morgan fingerprint density at radius 1 is 0.861 bits per heavy atom. The average molecular weight is 497 g/mol. The van der Waals surface area contributed by atoms with Gasteiger partial charge in [0.25, 0.3) is 0 Å². The van der Waals surface area contributed by atoms with Crippen molar-refractivity contribution in [3.63, 3.8) is 0 Å². The first-order chi connectivity index (χ1) is 16.3. The van der Waals surface area contributed by atoms with Crippen LogP contribution < -0.4 is 0 Å². The monoisotopic (exact) mass is 496 g/mol. The van der Waals surface area contributed by atoms with Gasteiger partial charge < -0.3 is 10.2 Å². The summed E-state index contributed by atoms with van der Waals surface area (Å²) >= 11 is 0. The highest BCUT2D eigenvalue weighted by molar-refractivity contribution is 5.47. The van der Waals surface area contributed by atoms with E-state index < -0.39 is 11.2 Å². The molecule has 0 saturated carbocycles. The normalized spacial score (nSPS) is 29.4. The summed E-state index contributed by atoms with van der Waals surface area (Å²) in [5.41, 5.74) is 3.23. The fraction of sp³-hybridized carbons (Fsp3) is 0.706. The maximum atomic E-state index is 12.2. The third-order valence-corrected chi connectivity index (χ3v) is 11.0. The molecule has 4 unspecified atom stereocenters. The zero-order valence-corrected chi connectivity index (χ0v) is 25.4. The van der Waals surface area contributed by atoms with Crippen molar-refractivity contribution in [2.45, 2.75) is 120 Å². The maximum Gasteiger partial charge on any atom is 0.190 e. The minimum atomic E-state index is -1.89. The summed E-state index contributed by atoms with van der Waals surface area (Å²) in [5.74, 6) is -2.19. The molecular formula is C34H56O2. The van der Waals surface area contributed by atoms with Gasteiger partial charge in [-0.2, -0.15) is 0 Å². The highest BCUT2D eigenvalue weighted by Gasteiger charge is 2.71. The quantitative estimate of drug-likeness (QED) is 0.234. The molecule has 0 heterocycles. The Labute approximate surface area is 223 Å². The van der Waals surface area contributed by atoms with Crippen LogP contribution in [-0.4, -0.2) is 16.0 Å². The first-order valence-corrected chi connectivity index (χ1v) is 14.0. The van der Waals surface area contributed by atoms with Gasteiger partial charge in [-0.3, -0.25) is 0 Å². The largest absolute Gasteiger partial charge is 0.362 e. The Hall–Kier alpha value is -1.38. The van der Waals surface area contributed by atoms with E-state index >= 15 is 0 Å². The van der Waals surface area contributed by atoms with E-state index in [9.17, 15) is 10.2 Å². The van der Waals surface area contributed by atoms with Crippen LogP contribution in [-0.2, 0) is 0 Å². The van der Waals surface area contributed by atoms with Crippen molar-refractivity contribution in [3.05, 3.63) is 59.8 Å². The number of hydrogen-bond donors (Lipinski definition) is 2. The van der Waals surface area contributed by atoms with Crippen LogP contribution in [0.1, 0.15) is 115 Å². The van der Waals surface area contributed by atoms with E-state index in [0.29, 0.717) is 0 Å². The third kappa shape index (κ3) is 4.55. The molecule has 2 nitrogen and oxygen atoms in total. The fourth-order valence-corrected chi connectivity index (χ4v) is 8.33. The molecule has 0 aromatic carbocycles. The molecule has 0 fully saturated rings. The average Bonchev–Trinajstić information content (AvgIpc) is 2.88. The number of rotatable bonds is 10. The lowest BCUT2D eigenvalue weighted by Gasteiger charge is -2.59. The van der Waals surface area contributed by atoms with Crippen LogP contribution >= 0.6 is 0 Å². The Balaban J connectivity index is 2.65. The van der Waals surface area contributed by atoms with Crippen molar-refractivity contribution in [2.75, 3.05) is 0 Å². The Morgan fingerprint density at radius 3 is 1.81 bits per heavy atom. The van der Waals surface area contributed by atoms with Gasteiger partial charge in [-0.15, -0.1) is 13.2 Å². The Bertz CT molecular complexity index is 948. The molecule has 2 aliphatic rings. The van der Waals surface area contributed by atoms with E-state index in [0.717, 1.165) is 44.1 Å². The molecule has 0 aliphatic heterocycles. The molecule has 2 aliphatic carbocycles. The van der Waals surface area contributed by atoms with Gasteiger partial charge in [0.1, 0.15) is 0 Å². The second kappa shape index (κ2) is 10.1. The molecule has 0 aromatic rings. The molecular weight excluding hydrogens is 440 g/mol. The van der Waals surface area contributed by atoms with Gasteiger partial charge in [-0.1, -0.05) is 89.5 Å². The van der Waals surface area contributed by atoms with E-state index in [-0.39, 0.29) is 27.6 Å². The lowest BCUT2D eigenvalue weighted by atomic mass is 9.44. The van der Waals surface area contributed by atoms with Crippen LogP contribution in [0, 0.1) is 33.0 Å². The Kier molecular flexibility index (Phi) is 8.62. The maximum absolute atomic E-state index is 12.2. The summed E-state index contributed by atoms with van der Waals surface area (Å²) in [4.78, 5) is 0. The first kappa shape index (κ1) is 30.8. The van der Waals surface area contributed by atoms with Gasteiger partial charge >= 0.3 is 0 Å². The summed E-state index contributed by atoms with van der Waals surface area (Å²) < 4.78 is 0. The number of allylic oxidation sites excluding steroid dienone is 7. The van der Waals surface area contributed by atoms with Gasteiger partial charge in [0.15, 0.2) is 5.79 Å². The van der Waals surface area contributed by atoms with E-state index in [1.165, 1.54) is 16.7 Å². The molecule has 2 heteroatoms. The summed E-state index contributed by atoms with van der Waals surface area (Å²) in [5, 5.41) is 24.3. The van der Waals surface area contributed by atoms with Gasteiger partial charge in [-0.25, -0.2) is 0 Å². The smallest absolute Gasteiger partial charge is 0.190 e. The van der Waals surface area contributed by atoms with E-state index in [1.54, 1.807) is 0 Å². The molecule has 0 bridgehead atoms. The topological polar surface area (TPSA) is 40.5 Å². The van der Waals surface area contributed by atoms with Gasteiger partial charge in [0.2, 0.25) is 0 Å². The highest BCUT2D eigenvalue weighted by Crippen LogP contribution is 2.76. The molecule has 36 heavy (non-hydrogen) atoms. The lowest BCUT2D eigenvalue weighted by molar-refractivity contribution is -0.211. The highest BCUT2D eigenvalue weighted by atomic mass is 16.5. The Morgan fingerprint density at radius 2 is 1.36 bits per heavy atom. The van der Waals surface area contributed by atoms with Gasteiger partial charge in [0.05, 0.1) is 0 Å². The van der Waals surface area contributed by atoms with E-state index in [4.69, 9.17) is 0 Å². The van der Waals surface area contributed by atoms with Crippen LogP contribution in [0.5, 0.6) is 0 Å². The fourth-order valence-electron chi connectivity index (χ4n) is 8.33. The molecule has 0 saturated heterocycles. The van der Waals surface area contributed by atoms with E-state index in [1.807, 2.05) is 6.08 Å². The number of aliphatic hydroxyl groups is 2. The minimum absolute atomic E-state index is 0.194. The summed E-state index contributed by atoms with van der Waals surface area (Å²) in [6.07, 6.45) is 14.1. The standard InChI is InChI=1S/C34H56O2/c1-14-31(11,22-16-18-24(3)4)27-21-20-26-28(34(27,35)36)30(9,10)33(13,29(26,7)8)32(12,15-2)23-17-19-25(5)6/h14-15,18-19,27,35-36H,1-2,16-17,20-23H2,3-13H3. The van der Waals surface area contributed by atoms with Crippen molar-refractivity contribution < 1.29 is 10.2 Å². The molecule has 204 valence electrons. The van der Waals surface area contributed by atoms with Crippen molar-refractivity contribution in [1.82, 2.24) is 0 Å². The molecule has 2 N–H and O–H groups in total. The van der Waals surface area contributed by atoms with Crippen LogP contribution in [0.15, 0.2) is 59.8 Å². The summed E-state index contributed by atoms with van der Waals surface area (Å²) in [6.45, 7) is 33.1. The second-order valence-electron chi connectivity index (χ2n) is 14.0. The zero-order chi connectivity index (χ0) is 28.0. The van der Waals surface area contributed by atoms with Crippen molar-refractivity contribution in [2.24, 2.45) is 33.0 Å². The van der Waals surface area contributed by atoms with Crippen molar-refractivity contribution in [3.8, 4) is 0 Å². The summed E-state index contributed by atoms with van der Waals surface area (Å²) in [7, 11) is 0. The third-order valence-electron chi connectivity index (χ3n) is 11.0. The number of hydrogen-bond acceptors (Lipinski definition) is 2. The lowest BCUT2D eigenvalue weighted by Crippen LogP contribution is -2.56. The summed E-state index contributed by atoms with van der Waals surface area (Å²) in [6, 6.07) is 0. The minimum Gasteiger partial charge on any atom is -0.362 e. The SMILES string of the molecule is C=CC(C)(CCC=C(C)C)C1CCC2=C(C1(O)O)C(C)(C)C(C)(C(C)(C=C)CCC=C(C)C)C2(C)C. The van der Waals surface area contributed by atoms with Crippen LogP contribution in [0.2, 0.25) is 0 Å². The predicted octanol–water partition coefficient (Wildman–Crippen LogP) is 9.32.